The summed E-state index contributed by atoms with van der Waals surface area (Å²) in [6.45, 7) is 1.38. The first-order chi connectivity index (χ1) is 7.88. The molecular weight excluding hydrogens is 202 g/mol. The Kier molecular flexibility index (Phi) is 3.61. The van der Waals surface area contributed by atoms with Gasteiger partial charge in [-0.05, 0) is 23.7 Å². The van der Waals surface area contributed by atoms with E-state index in [0.717, 1.165) is 25.2 Å². The van der Waals surface area contributed by atoms with Gasteiger partial charge in [-0.3, -0.25) is 0 Å². The summed E-state index contributed by atoms with van der Waals surface area (Å²) in [7, 11) is 0. The van der Waals surface area contributed by atoms with E-state index in [2.05, 4.69) is 27.5 Å². The van der Waals surface area contributed by atoms with Crippen LogP contribution in [-0.4, -0.2) is 26.8 Å². The van der Waals surface area contributed by atoms with E-state index in [1.807, 2.05) is 18.2 Å². The quantitative estimate of drug-likeness (QED) is 0.796. The molecule has 0 atom stereocenters. The molecule has 0 aliphatic carbocycles. The number of hydrogen-bond acceptors (Lipinski definition) is 4. The summed E-state index contributed by atoms with van der Waals surface area (Å²) in [5.41, 5.74) is 6.61. The van der Waals surface area contributed by atoms with Gasteiger partial charge in [0.05, 0.1) is 6.54 Å². The van der Waals surface area contributed by atoms with Crippen molar-refractivity contribution in [2.24, 2.45) is 5.73 Å². The van der Waals surface area contributed by atoms with E-state index in [1.54, 1.807) is 4.80 Å². The highest BCUT2D eigenvalue weighted by Crippen LogP contribution is 2.03. The molecular formula is C11H15N5. The lowest BCUT2D eigenvalue weighted by molar-refractivity contribution is 0.503. The third-order valence-corrected chi connectivity index (χ3v) is 2.26. The normalized spacial score (nSPS) is 10.6. The fraction of sp³-hybridized carbons (Fsp3) is 0.364. The molecule has 1 aromatic carbocycles. The number of rotatable bonds is 5. The van der Waals surface area contributed by atoms with Gasteiger partial charge in [-0.2, -0.15) is 4.80 Å². The Balaban J connectivity index is 1.97. The molecule has 0 amide bonds. The van der Waals surface area contributed by atoms with Crippen molar-refractivity contribution >= 4 is 0 Å². The number of benzene rings is 1. The molecule has 2 rings (SSSR count). The lowest BCUT2D eigenvalue weighted by Crippen LogP contribution is -2.08. The fourth-order valence-corrected chi connectivity index (χ4v) is 1.45. The van der Waals surface area contributed by atoms with Crippen LogP contribution in [0, 0.1) is 0 Å². The Bertz CT molecular complexity index is 423. The summed E-state index contributed by atoms with van der Waals surface area (Å²) in [5.74, 6) is 0.753. The van der Waals surface area contributed by atoms with Crippen LogP contribution in [0.25, 0.3) is 0 Å². The molecule has 0 saturated carbocycles. The van der Waals surface area contributed by atoms with Crippen LogP contribution in [-0.2, 0) is 13.0 Å². The Morgan fingerprint density at radius 1 is 1.19 bits per heavy atom. The first-order valence-electron chi connectivity index (χ1n) is 5.39. The Labute approximate surface area is 94.3 Å². The minimum absolute atomic E-state index is 0.648. The second kappa shape index (κ2) is 5.37. The van der Waals surface area contributed by atoms with Gasteiger partial charge < -0.3 is 5.73 Å². The summed E-state index contributed by atoms with van der Waals surface area (Å²) < 4.78 is 0. The highest BCUT2D eigenvalue weighted by Gasteiger charge is 2.03. The summed E-state index contributed by atoms with van der Waals surface area (Å²) >= 11 is 0. The Morgan fingerprint density at radius 2 is 2.00 bits per heavy atom. The number of aryl methyl sites for hydroxylation is 1. The van der Waals surface area contributed by atoms with Crippen LogP contribution in [0.5, 0.6) is 0 Å². The van der Waals surface area contributed by atoms with Crippen LogP contribution in [0.4, 0.5) is 0 Å². The van der Waals surface area contributed by atoms with Crippen molar-refractivity contribution in [3.63, 3.8) is 0 Å². The molecule has 2 aromatic rings. The van der Waals surface area contributed by atoms with Gasteiger partial charge in [0.2, 0.25) is 0 Å². The SMILES string of the molecule is NCCCn1nnc(Cc2ccccc2)n1. The molecule has 0 aliphatic rings. The van der Waals surface area contributed by atoms with E-state index in [1.165, 1.54) is 5.56 Å². The topological polar surface area (TPSA) is 69.6 Å². The fourth-order valence-electron chi connectivity index (χ4n) is 1.45. The van der Waals surface area contributed by atoms with Gasteiger partial charge in [0.25, 0.3) is 0 Å². The predicted molar refractivity (Wildman–Crippen MR) is 60.7 cm³/mol. The first kappa shape index (κ1) is 10.8. The average molecular weight is 217 g/mol. The van der Waals surface area contributed by atoms with Gasteiger partial charge in [-0.15, -0.1) is 10.2 Å². The largest absolute Gasteiger partial charge is 0.330 e. The van der Waals surface area contributed by atoms with Gasteiger partial charge in [0, 0.05) is 6.42 Å². The van der Waals surface area contributed by atoms with Gasteiger partial charge in [0.1, 0.15) is 0 Å². The number of aromatic nitrogens is 4. The van der Waals surface area contributed by atoms with Crippen molar-refractivity contribution in [3.8, 4) is 0 Å². The molecule has 0 saturated heterocycles. The van der Waals surface area contributed by atoms with Crippen LogP contribution >= 0.6 is 0 Å². The van der Waals surface area contributed by atoms with E-state index in [-0.39, 0.29) is 0 Å². The van der Waals surface area contributed by atoms with E-state index in [4.69, 9.17) is 5.73 Å². The van der Waals surface area contributed by atoms with Crippen LogP contribution in [0.1, 0.15) is 17.8 Å². The van der Waals surface area contributed by atoms with Crippen molar-refractivity contribution in [2.75, 3.05) is 6.54 Å². The Hall–Kier alpha value is -1.75. The lowest BCUT2D eigenvalue weighted by Gasteiger charge is -1.95. The zero-order valence-electron chi connectivity index (χ0n) is 9.08. The number of tetrazole rings is 1. The molecule has 1 heterocycles. The molecule has 0 aliphatic heterocycles. The molecule has 16 heavy (non-hydrogen) atoms. The van der Waals surface area contributed by atoms with Gasteiger partial charge in [-0.1, -0.05) is 30.3 Å². The summed E-state index contributed by atoms with van der Waals surface area (Å²) in [6, 6.07) is 10.1. The number of nitrogens with two attached hydrogens (primary N) is 1. The molecule has 0 fully saturated rings. The number of hydrogen-bond donors (Lipinski definition) is 1. The molecule has 1 aromatic heterocycles. The second-order valence-electron chi connectivity index (χ2n) is 3.61. The van der Waals surface area contributed by atoms with Crippen LogP contribution in [0.15, 0.2) is 30.3 Å². The first-order valence-corrected chi connectivity index (χ1v) is 5.39. The maximum atomic E-state index is 5.42. The zero-order valence-corrected chi connectivity index (χ0v) is 9.08. The molecule has 5 heteroatoms. The smallest absolute Gasteiger partial charge is 0.179 e. The van der Waals surface area contributed by atoms with Crippen LogP contribution in [0.2, 0.25) is 0 Å². The molecule has 0 bridgehead atoms. The number of nitrogens with zero attached hydrogens (tertiary/aromatic N) is 4. The van der Waals surface area contributed by atoms with Crippen molar-refractivity contribution in [1.29, 1.82) is 0 Å². The van der Waals surface area contributed by atoms with E-state index < -0.39 is 0 Å². The highest BCUT2D eigenvalue weighted by atomic mass is 15.6. The van der Waals surface area contributed by atoms with E-state index >= 15 is 0 Å². The maximum absolute atomic E-state index is 5.42. The molecule has 0 radical (unpaired) electrons. The van der Waals surface area contributed by atoms with Crippen molar-refractivity contribution in [1.82, 2.24) is 20.2 Å². The second-order valence-corrected chi connectivity index (χ2v) is 3.61. The Morgan fingerprint density at radius 3 is 2.75 bits per heavy atom. The van der Waals surface area contributed by atoms with Gasteiger partial charge in [-0.25, -0.2) is 0 Å². The highest BCUT2D eigenvalue weighted by molar-refractivity contribution is 5.17. The standard InChI is InChI=1S/C11H15N5/c12-7-4-8-16-14-11(13-15-16)9-10-5-2-1-3-6-10/h1-3,5-6H,4,7-9,12H2. The maximum Gasteiger partial charge on any atom is 0.179 e. The third kappa shape index (κ3) is 2.87. The van der Waals surface area contributed by atoms with Gasteiger partial charge in [0.15, 0.2) is 5.82 Å². The van der Waals surface area contributed by atoms with E-state index in [0.29, 0.717) is 6.54 Å². The van der Waals surface area contributed by atoms with Crippen LogP contribution in [0.3, 0.4) is 0 Å². The summed E-state index contributed by atoms with van der Waals surface area (Å²) in [5, 5.41) is 12.3. The van der Waals surface area contributed by atoms with Crippen molar-refractivity contribution in [2.45, 2.75) is 19.4 Å². The predicted octanol–water partition coefficient (Wildman–Crippen LogP) is 0.613. The minimum Gasteiger partial charge on any atom is -0.330 e. The molecule has 84 valence electrons. The van der Waals surface area contributed by atoms with Crippen LogP contribution < -0.4 is 5.73 Å². The zero-order chi connectivity index (χ0) is 11.2. The average Bonchev–Trinajstić information content (AvgIpc) is 2.75. The van der Waals surface area contributed by atoms with Crippen molar-refractivity contribution < 1.29 is 0 Å². The molecule has 0 unspecified atom stereocenters. The summed E-state index contributed by atoms with van der Waals surface area (Å²) in [6.07, 6.45) is 1.60. The monoisotopic (exact) mass is 217 g/mol. The summed E-state index contributed by atoms with van der Waals surface area (Å²) in [4.78, 5) is 1.60. The van der Waals surface area contributed by atoms with Gasteiger partial charge >= 0.3 is 0 Å². The molecule has 2 N–H and O–H groups in total. The third-order valence-electron chi connectivity index (χ3n) is 2.26. The van der Waals surface area contributed by atoms with Crippen molar-refractivity contribution in [3.05, 3.63) is 41.7 Å². The minimum atomic E-state index is 0.648. The van der Waals surface area contributed by atoms with E-state index in [9.17, 15) is 0 Å². The molecule has 0 spiro atoms. The molecule has 5 nitrogen and oxygen atoms in total. The lowest BCUT2D eigenvalue weighted by atomic mass is 10.1.